The molecule has 0 aliphatic rings. The van der Waals surface area contributed by atoms with Crippen molar-refractivity contribution in [1.29, 1.82) is 0 Å². The van der Waals surface area contributed by atoms with Gasteiger partial charge in [0.25, 0.3) is 0 Å². The van der Waals surface area contributed by atoms with Gasteiger partial charge in [0.05, 0.1) is 0 Å². The summed E-state index contributed by atoms with van der Waals surface area (Å²) < 4.78 is 6.53. The zero-order valence-corrected chi connectivity index (χ0v) is 10.8. The van der Waals surface area contributed by atoms with Gasteiger partial charge in [0.1, 0.15) is 12.4 Å². The van der Waals surface area contributed by atoms with Gasteiger partial charge in [-0.25, -0.2) is 15.0 Å². The molecular formula is C11H11BrN4O. The first kappa shape index (κ1) is 11.8. The lowest BCUT2D eigenvalue weighted by Crippen LogP contribution is -2.06. The molecule has 0 spiro atoms. The summed E-state index contributed by atoms with van der Waals surface area (Å²) in [5.41, 5.74) is 6.61. The van der Waals surface area contributed by atoms with Crippen molar-refractivity contribution in [2.75, 3.05) is 5.73 Å². The Labute approximate surface area is 107 Å². The van der Waals surface area contributed by atoms with Crippen LogP contribution in [-0.2, 0) is 0 Å². The molecular weight excluding hydrogens is 284 g/mol. The lowest BCUT2D eigenvalue weighted by Gasteiger charge is -2.15. The molecule has 0 amide bonds. The van der Waals surface area contributed by atoms with Crippen molar-refractivity contribution in [3.05, 3.63) is 41.0 Å². The average molecular weight is 295 g/mol. The van der Waals surface area contributed by atoms with Gasteiger partial charge in [-0.2, -0.15) is 0 Å². The van der Waals surface area contributed by atoms with E-state index in [-0.39, 0.29) is 6.10 Å². The maximum atomic E-state index is 5.73. The summed E-state index contributed by atoms with van der Waals surface area (Å²) in [5.74, 6) is 0.896. The summed E-state index contributed by atoms with van der Waals surface area (Å²) in [6.45, 7) is 1.90. The van der Waals surface area contributed by atoms with Crippen LogP contribution in [0, 0.1) is 0 Å². The van der Waals surface area contributed by atoms with Crippen LogP contribution in [-0.4, -0.2) is 15.0 Å². The minimum absolute atomic E-state index is 0.186. The molecule has 88 valence electrons. The zero-order chi connectivity index (χ0) is 12.3. The summed E-state index contributed by atoms with van der Waals surface area (Å²) >= 11 is 3.32. The predicted octanol–water partition coefficient (Wildman–Crippen LogP) is 2.36. The van der Waals surface area contributed by atoms with E-state index in [1.165, 1.54) is 6.33 Å². The maximum Gasteiger partial charge on any atom is 0.166 e. The Morgan fingerprint density at radius 3 is 2.71 bits per heavy atom. The molecule has 0 bridgehead atoms. The molecule has 0 aromatic carbocycles. The molecule has 17 heavy (non-hydrogen) atoms. The average Bonchev–Trinajstić information content (AvgIpc) is 2.35. The van der Waals surface area contributed by atoms with Crippen molar-refractivity contribution in [3.8, 4) is 5.75 Å². The van der Waals surface area contributed by atoms with Gasteiger partial charge in [-0.15, -0.1) is 0 Å². The zero-order valence-electron chi connectivity index (χ0n) is 9.17. The number of aromatic nitrogens is 3. The van der Waals surface area contributed by atoms with Crippen LogP contribution < -0.4 is 10.5 Å². The van der Waals surface area contributed by atoms with Gasteiger partial charge in [0, 0.05) is 28.6 Å². The Morgan fingerprint density at radius 2 is 2.00 bits per heavy atom. The van der Waals surface area contributed by atoms with Gasteiger partial charge in [0.15, 0.2) is 11.6 Å². The van der Waals surface area contributed by atoms with Gasteiger partial charge in [0.2, 0.25) is 0 Å². The minimum atomic E-state index is -0.186. The van der Waals surface area contributed by atoms with E-state index in [1.54, 1.807) is 24.7 Å². The molecule has 0 saturated heterocycles. The van der Waals surface area contributed by atoms with Gasteiger partial charge in [-0.05, 0) is 28.9 Å². The standard InChI is InChI=1S/C11H11BrN4O/c1-7(8-3-14-6-15-4-8)17-10-2-9(12)5-16-11(10)13/h2-7H,1H3,(H2,13,16). The smallest absolute Gasteiger partial charge is 0.166 e. The van der Waals surface area contributed by atoms with E-state index in [4.69, 9.17) is 10.5 Å². The fourth-order valence-corrected chi connectivity index (χ4v) is 1.62. The molecule has 0 aliphatic carbocycles. The number of hydrogen-bond acceptors (Lipinski definition) is 5. The summed E-state index contributed by atoms with van der Waals surface area (Å²) in [6, 6.07) is 1.78. The van der Waals surface area contributed by atoms with Crippen molar-refractivity contribution in [1.82, 2.24) is 15.0 Å². The number of ether oxygens (including phenoxy) is 1. The van der Waals surface area contributed by atoms with Crippen LogP contribution in [0.1, 0.15) is 18.6 Å². The molecule has 2 N–H and O–H groups in total. The SMILES string of the molecule is CC(Oc1cc(Br)cnc1N)c1cncnc1. The second kappa shape index (κ2) is 5.09. The number of rotatable bonds is 3. The summed E-state index contributed by atoms with van der Waals surface area (Å²) in [5, 5.41) is 0. The first-order chi connectivity index (χ1) is 8.16. The van der Waals surface area contributed by atoms with Gasteiger partial charge >= 0.3 is 0 Å². The van der Waals surface area contributed by atoms with Crippen molar-refractivity contribution >= 4 is 21.7 Å². The molecule has 2 aromatic rings. The van der Waals surface area contributed by atoms with E-state index < -0.39 is 0 Å². The van der Waals surface area contributed by atoms with Crippen molar-refractivity contribution in [3.63, 3.8) is 0 Å². The lowest BCUT2D eigenvalue weighted by molar-refractivity contribution is 0.226. The number of pyridine rings is 1. The van der Waals surface area contributed by atoms with Crippen LogP contribution in [0.5, 0.6) is 5.75 Å². The Bertz CT molecular complexity index is 506. The van der Waals surface area contributed by atoms with E-state index in [0.29, 0.717) is 11.6 Å². The highest BCUT2D eigenvalue weighted by atomic mass is 79.9. The van der Waals surface area contributed by atoms with Crippen LogP contribution >= 0.6 is 15.9 Å². The molecule has 2 aromatic heterocycles. The van der Waals surface area contributed by atoms with Crippen molar-refractivity contribution < 1.29 is 4.74 Å². The normalized spacial score (nSPS) is 12.1. The number of nitrogens with zero attached hydrogens (tertiary/aromatic N) is 3. The second-order valence-corrected chi connectivity index (χ2v) is 4.38. The predicted molar refractivity (Wildman–Crippen MR) is 67.4 cm³/mol. The summed E-state index contributed by atoms with van der Waals surface area (Å²) in [7, 11) is 0. The van der Waals surface area contributed by atoms with Crippen LogP contribution in [0.4, 0.5) is 5.82 Å². The Morgan fingerprint density at radius 1 is 1.29 bits per heavy atom. The molecule has 1 atom stereocenters. The molecule has 0 fully saturated rings. The molecule has 0 radical (unpaired) electrons. The highest BCUT2D eigenvalue weighted by Crippen LogP contribution is 2.27. The highest BCUT2D eigenvalue weighted by molar-refractivity contribution is 9.10. The number of hydrogen-bond donors (Lipinski definition) is 1. The largest absolute Gasteiger partial charge is 0.482 e. The van der Waals surface area contributed by atoms with Gasteiger partial charge in [-0.1, -0.05) is 0 Å². The van der Waals surface area contributed by atoms with Crippen LogP contribution in [0.3, 0.4) is 0 Å². The topological polar surface area (TPSA) is 73.9 Å². The van der Waals surface area contributed by atoms with Crippen LogP contribution in [0.25, 0.3) is 0 Å². The van der Waals surface area contributed by atoms with Crippen LogP contribution in [0.15, 0.2) is 35.5 Å². The van der Waals surface area contributed by atoms with Gasteiger partial charge < -0.3 is 10.5 Å². The number of nitrogens with two attached hydrogens (primary N) is 1. The number of halogens is 1. The fourth-order valence-electron chi connectivity index (χ4n) is 1.30. The molecule has 6 heteroatoms. The Kier molecular flexibility index (Phi) is 3.53. The van der Waals surface area contributed by atoms with E-state index in [0.717, 1.165) is 10.0 Å². The third-order valence-corrected chi connectivity index (χ3v) is 2.64. The molecule has 0 saturated carbocycles. The van der Waals surface area contributed by atoms with Crippen LogP contribution in [0.2, 0.25) is 0 Å². The molecule has 1 unspecified atom stereocenters. The van der Waals surface area contributed by atoms with Crippen molar-refractivity contribution in [2.45, 2.75) is 13.0 Å². The number of nitrogen functional groups attached to an aromatic ring is 1. The van der Waals surface area contributed by atoms with Crippen molar-refractivity contribution in [2.24, 2.45) is 0 Å². The highest BCUT2D eigenvalue weighted by Gasteiger charge is 2.10. The quantitative estimate of drug-likeness (QED) is 0.941. The summed E-state index contributed by atoms with van der Waals surface area (Å²) in [6.07, 6.45) is 6.33. The third kappa shape index (κ3) is 2.91. The fraction of sp³-hybridized carbons (Fsp3) is 0.182. The lowest BCUT2D eigenvalue weighted by atomic mass is 10.2. The summed E-state index contributed by atoms with van der Waals surface area (Å²) in [4.78, 5) is 11.9. The molecule has 0 aliphatic heterocycles. The Balaban J connectivity index is 2.18. The first-order valence-corrected chi connectivity index (χ1v) is 5.78. The van der Waals surface area contributed by atoms with E-state index in [9.17, 15) is 0 Å². The van der Waals surface area contributed by atoms with E-state index in [2.05, 4.69) is 30.9 Å². The minimum Gasteiger partial charge on any atom is -0.482 e. The number of anilines is 1. The second-order valence-electron chi connectivity index (χ2n) is 3.47. The van der Waals surface area contributed by atoms with E-state index >= 15 is 0 Å². The maximum absolute atomic E-state index is 5.73. The third-order valence-electron chi connectivity index (χ3n) is 2.20. The molecule has 2 rings (SSSR count). The van der Waals surface area contributed by atoms with E-state index in [1.807, 2.05) is 6.92 Å². The monoisotopic (exact) mass is 294 g/mol. The Hall–Kier alpha value is -1.69. The van der Waals surface area contributed by atoms with Gasteiger partial charge in [-0.3, -0.25) is 0 Å². The molecule has 2 heterocycles. The molecule has 5 nitrogen and oxygen atoms in total. The first-order valence-electron chi connectivity index (χ1n) is 4.99.